The molecule has 0 amide bonds. The van der Waals surface area contributed by atoms with E-state index in [0.717, 1.165) is 26.2 Å². The second-order valence-electron chi connectivity index (χ2n) is 19.8. The van der Waals surface area contributed by atoms with Crippen molar-refractivity contribution in [2.75, 3.05) is 50.3 Å². The van der Waals surface area contributed by atoms with Gasteiger partial charge in [-0.3, -0.25) is 0 Å². The fraction of sp³-hybridized carbons (Fsp3) is 0.219. The summed E-state index contributed by atoms with van der Waals surface area (Å²) in [5.41, 5.74) is 5.70. The topological polar surface area (TPSA) is 60.5 Å². The van der Waals surface area contributed by atoms with Gasteiger partial charge in [-0.15, -0.1) is 0 Å². The van der Waals surface area contributed by atoms with Gasteiger partial charge < -0.3 is 34.5 Å². The molecule has 0 aromatic heterocycles. The molecule has 0 bridgehead atoms. The summed E-state index contributed by atoms with van der Waals surface area (Å²) in [5, 5.41) is 20.9. The van der Waals surface area contributed by atoms with Crippen molar-refractivity contribution in [3.63, 3.8) is 0 Å². The molecule has 2 saturated heterocycles. The predicted octanol–water partition coefficient (Wildman–Crippen LogP) is 15.5. The van der Waals surface area contributed by atoms with Gasteiger partial charge in [0.1, 0.15) is 50.3 Å². The van der Waals surface area contributed by atoms with Gasteiger partial charge in [0.05, 0.1) is 65.0 Å². The van der Waals surface area contributed by atoms with Crippen molar-refractivity contribution in [2.45, 2.75) is 40.0 Å². The summed E-state index contributed by atoms with van der Waals surface area (Å²) in [6.07, 6.45) is 9.52. The summed E-state index contributed by atoms with van der Waals surface area (Å²) >= 11 is 0. The summed E-state index contributed by atoms with van der Waals surface area (Å²) in [7, 11) is -15.0. The molecule has 2 aliphatic heterocycles. The van der Waals surface area contributed by atoms with E-state index < -0.39 is 46.2 Å². The number of nitrogens with zero attached hydrogens (tertiary/aromatic N) is 6. The van der Waals surface area contributed by atoms with E-state index in [0.29, 0.717) is 0 Å². The molecule has 0 spiro atoms. The first kappa shape index (κ1) is 72.0. The summed E-state index contributed by atoms with van der Waals surface area (Å²) < 4.78 is 78.0. The van der Waals surface area contributed by atoms with Gasteiger partial charge in [0, 0.05) is 40.0 Å². The molecular weight excluding hydrogens is 1260 g/mol. The maximum Gasteiger partial charge on any atom is 2.00 e. The van der Waals surface area contributed by atoms with Crippen LogP contribution in [0.2, 0.25) is 0 Å². The first-order valence-electron chi connectivity index (χ1n) is 27.5. The van der Waals surface area contributed by atoms with Crippen molar-refractivity contribution in [3.8, 4) is 12.1 Å². The molecule has 0 saturated carbocycles. The molecule has 21 heteroatoms. The number of hydrogen-bond donors (Lipinski definition) is 0. The zero-order chi connectivity index (χ0) is 60.4. The van der Waals surface area contributed by atoms with Gasteiger partial charge in [-0.25, -0.2) is 19.6 Å². The number of nitriles is 2. The van der Waals surface area contributed by atoms with Gasteiger partial charge in [0.2, 0.25) is 0 Å². The zero-order valence-electron chi connectivity index (χ0n) is 47.8. The second-order valence-corrected chi connectivity index (χ2v) is 29.5. The monoisotopic (exact) mass is 1330 g/mol. The van der Waals surface area contributed by atoms with Crippen molar-refractivity contribution in [3.05, 3.63) is 265 Å². The van der Waals surface area contributed by atoms with Crippen LogP contribution in [0.25, 0.3) is 0 Å². The first-order chi connectivity index (χ1) is 40.5. The summed E-state index contributed by atoms with van der Waals surface area (Å²) in [5.74, 6) is 0. The van der Waals surface area contributed by atoms with E-state index in [1.807, 2.05) is 0 Å². The van der Waals surface area contributed by atoms with E-state index >= 15 is 0 Å². The number of benzene rings is 8. The Morgan fingerprint density at radius 1 is 0.294 bits per heavy atom. The Morgan fingerprint density at radius 2 is 0.412 bits per heavy atom. The SMILES string of the molecule is CC#N.CC#N.F[B-](F)(F)F.F[B-](F)(F)F.[Pd+2].c1ccc(CN2C[PH+](c3ccccc3)CN(Cc3ccccc3)C[PH+](c3ccccc3)C2)cc1.c1ccc(CN2C[PH+](c3ccccc3)CN(Cc3ccccc3)C[PH+](c3ccccc3)C2)cc1. The molecule has 0 radical (unpaired) electrons. The van der Waals surface area contributed by atoms with Crippen LogP contribution in [-0.4, -0.2) is 84.4 Å². The van der Waals surface area contributed by atoms with E-state index in [4.69, 9.17) is 10.5 Å². The molecule has 8 aromatic rings. The van der Waals surface area contributed by atoms with Crippen molar-refractivity contribution in [1.29, 1.82) is 10.5 Å². The van der Waals surface area contributed by atoms with Gasteiger partial charge in [-0.05, 0) is 70.8 Å². The van der Waals surface area contributed by atoms with Crippen LogP contribution in [0.4, 0.5) is 34.5 Å². The molecule has 2 heterocycles. The predicted molar refractivity (Wildman–Crippen MR) is 347 cm³/mol. The van der Waals surface area contributed by atoms with Gasteiger partial charge in [0.25, 0.3) is 0 Å². The first-order valence-corrected chi connectivity index (χ1v) is 35.2. The molecule has 6 nitrogen and oxygen atoms in total. The number of halogens is 8. The molecule has 85 heavy (non-hydrogen) atoms. The Morgan fingerprint density at radius 3 is 0.541 bits per heavy atom. The van der Waals surface area contributed by atoms with Crippen LogP contribution in [0.15, 0.2) is 243 Å². The zero-order valence-corrected chi connectivity index (χ0v) is 53.3. The van der Waals surface area contributed by atoms with Gasteiger partial charge in [0.15, 0.2) is 0 Å². The second kappa shape index (κ2) is 40.1. The van der Waals surface area contributed by atoms with E-state index in [9.17, 15) is 34.5 Å². The van der Waals surface area contributed by atoms with Crippen LogP contribution in [0.5, 0.6) is 0 Å². The quantitative estimate of drug-likeness (QED) is 0.0690. The normalized spacial score (nSPS) is 17.5. The van der Waals surface area contributed by atoms with E-state index in [1.54, 1.807) is 33.4 Å². The summed E-state index contributed by atoms with van der Waals surface area (Å²) in [4.78, 5) is 11.1. The molecule has 2 aliphatic rings. The molecule has 8 aromatic carbocycles. The number of hydrogen-bond acceptors (Lipinski definition) is 6. The Hall–Kier alpha value is -5.47. The maximum absolute atomic E-state index is 9.75. The summed E-state index contributed by atoms with van der Waals surface area (Å²) in [6, 6.07) is 92.8. The van der Waals surface area contributed by atoms with Crippen molar-refractivity contribution >= 4 is 67.4 Å². The maximum atomic E-state index is 9.75. The molecule has 0 aliphatic carbocycles. The minimum atomic E-state index is -6.00. The van der Waals surface area contributed by atoms with E-state index in [2.05, 4.69) is 262 Å². The smallest absolute Gasteiger partial charge is 0.418 e. The molecular formula is C64H74B2F8N6P4Pd+4. The van der Waals surface area contributed by atoms with Crippen LogP contribution < -0.4 is 21.2 Å². The van der Waals surface area contributed by atoms with Gasteiger partial charge >= 0.3 is 34.9 Å². The Labute approximate surface area is 516 Å². The molecule has 2 fully saturated rings. The van der Waals surface area contributed by atoms with Crippen molar-refractivity contribution in [1.82, 2.24) is 19.6 Å². The molecule has 0 N–H and O–H groups in total. The molecule has 10 rings (SSSR count). The molecule has 0 atom stereocenters. The summed E-state index contributed by atoms with van der Waals surface area (Å²) in [6.45, 7) is 7.03. The third-order valence-electron chi connectivity index (χ3n) is 13.0. The van der Waals surface area contributed by atoms with Crippen molar-refractivity contribution < 1.29 is 54.9 Å². The minimum absolute atomic E-state index is 0. The Bertz CT molecular complexity index is 2650. The average Bonchev–Trinajstić information content (AvgIpc) is 3.57. The van der Waals surface area contributed by atoms with Crippen LogP contribution in [-0.2, 0) is 46.6 Å². The van der Waals surface area contributed by atoms with Crippen molar-refractivity contribution in [2.24, 2.45) is 0 Å². The van der Waals surface area contributed by atoms with Crippen LogP contribution >= 0.6 is 31.7 Å². The van der Waals surface area contributed by atoms with Gasteiger partial charge in [-0.2, -0.15) is 10.5 Å². The fourth-order valence-corrected chi connectivity index (χ4v) is 21.3. The third kappa shape index (κ3) is 30.6. The minimum Gasteiger partial charge on any atom is -0.418 e. The van der Waals surface area contributed by atoms with Crippen LogP contribution in [0.3, 0.4) is 0 Å². The largest absolute Gasteiger partial charge is 2.00 e. The van der Waals surface area contributed by atoms with E-state index in [1.165, 1.54) is 86.4 Å². The van der Waals surface area contributed by atoms with Crippen LogP contribution in [0, 0.1) is 22.7 Å². The van der Waals surface area contributed by atoms with Crippen LogP contribution in [0.1, 0.15) is 36.1 Å². The number of rotatable bonds is 12. The fourth-order valence-electron chi connectivity index (χ4n) is 9.82. The standard InChI is InChI=1S/2C30H32N2P2.2C2H3N.2BF4.Pd/c2*1-5-13-27(14-6-1)21-31-23-33(29-17-9-3-10-18-29)25-32(22-28-15-7-2-8-16-28)26-34(24-31)30-19-11-4-12-20-30;2*1-2-3;2*2-1(3,4)5;/h2*1-20H,21-26H2;2*1H3;;;/q;;;;2*-1;+2/p+4. The average molecular weight is 1330 g/mol. The van der Waals surface area contributed by atoms with E-state index in [-0.39, 0.29) is 20.4 Å². The Kier molecular flexibility index (Phi) is 34.0. The molecule has 448 valence electrons. The van der Waals surface area contributed by atoms with Gasteiger partial charge in [-0.1, -0.05) is 194 Å². The molecule has 0 unspecified atom stereocenters. The third-order valence-corrected chi connectivity index (χ3v) is 24.3. The Balaban J connectivity index is 0.000000288.